The highest BCUT2D eigenvalue weighted by Crippen LogP contribution is 2.33. The summed E-state index contributed by atoms with van der Waals surface area (Å²) in [6.07, 6.45) is 1.14. The van der Waals surface area contributed by atoms with E-state index in [2.05, 4.69) is 4.99 Å². The van der Waals surface area contributed by atoms with Crippen LogP contribution in [0.3, 0.4) is 0 Å². The number of esters is 1. The number of hydrogen-bond acceptors (Lipinski definition) is 9. The van der Waals surface area contributed by atoms with Gasteiger partial charge in [-0.05, 0) is 85.7 Å². The van der Waals surface area contributed by atoms with Crippen LogP contribution in [0, 0.1) is 13.7 Å². The summed E-state index contributed by atoms with van der Waals surface area (Å²) in [6, 6.07) is 9.07. The molecule has 198 valence electrons. The number of benzene rings is 2. The fourth-order valence-corrected chi connectivity index (χ4v) is 5.75. The number of allylic oxidation sites excluding steroid dienone is 1. The summed E-state index contributed by atoms with van der Waals surface area (Å²) in [5, 5.41) is 21.4. The summed E-state index contributed by atoms with van der Waals surface area (Å²) in [5.74, 6) is -0.356. The van der Waals surface area contributed by atoms with Crippen LogP contribution in [0.5, 0.6) is 11.5 Å². The number of ether oxygens (including phenoxy) is 2. The van der Waals surface area contributed by atoms with Crippen LogP contribution < -0.4 is 19.6 Å². The van der Waals surface area contributed by atoms with Gasteiger partial charge in [0.25, 0.3) is 5.56 Å². The molecule has 0 aliphatic carbocycles. The number of hydrogen-bond donors (Lipinski definition) is 1. The highest BCUT2D eigenvalue weighted by Gasteiger charge is 2.34. The molecule has 0 saturated carbocycles. The molecule has 0 fully saturated rings. The van der Waals surface area contributed by atoms with Gasteiger partial charge < -0.3 is 14.6 Å². The molecule has 0 bridgehead atoms. The number of rotatable bonds is 7. The fraction of sp³-hybridized carbons (Fsp3) is 0.269. The van der Waals surface area contributed by atoms with E-state index in [-0.39, 0.29) is 19.8 Å². The Labute approximate surface area is 234 Å². The molecule has 38 heavy (non-hydrogen) atoms. The average molecular weight is 649 g/mol. The van der Waals surface area contributed by atoms with Gasteiger partial charge in [-0.3, -0.25) is 19.5 Å². The predicted octanol–water partition coefficient (Wildman–Crippen LogP) is 3.80. The van der Waals surface area contributed by atoms with Gasteiger partial charge >= 0.3 is 11.7 Å². The Balaban J connectivity index is 1.93. The molecule has 1 aliphatic heterocycles. The Morgan fingerprint density at radius 1 is 1.32 bits per heavy atom. The van der Waals surface area contributed by atoms with E-state index in [0.29, 0.717) is 34.0 Å². The van der Waals surface area contributed by atoms with Gasteiger partial charge in [0, 0.05) is 6.07 Å². The highest BCUT2D eigenvalue weighted by atomic mass is 127. The maximum atomic E-state index is 13.7. The van der Waals surface area contributed by atoms with E-state index in [9.17, 15) is 24.8 Å². The van der Waals surface area contributed by atoms with Gasteiger partial charge in [-0.25, -0.2) is 9.79 Å². The second kappa shape index (κ2) is 11.1. The van der Waals surface area contributed by atoms with Crippen LogP contribution in [0.1, 0.15) is 44.9 Å². The third kappa shape index (κ3) is 5.36. The van der Waals surface area contributed by atoms with Crippen molar-refractivity contribution in [2.24, 2.45) is 4.99 Å². The molecule has 4 rings (SSSR count). The van der Waals surface area contributed by atoms with Crippen molar-refractivity contribution in [1.29, 1.82) is 0 Å². The van der Waals surface area contributed by atoms with Crippen LogP contribution >= 0.6 is 33.9 Å². The SMILES string of the molecule is CCOc1ccc([C@H]2C(C(=O)OC(C)C)=C(C)N=c3s/c(=C/c4cc(I)c(O)c([N+](=O)[O-])c4)c(=O)n32)cc1. The molecule has 0 saturated heterocycles. The van der Waals surface area contributed by atoms with Gasteiger partial charge in [0.05, 0.1) is 43.0 Å². The van der Waals surface area contributed by atoms with E-state index in [0.717, 1.165) is 11.3 Å². The van der Waals surface area contributed by atoms with Crippen molar-refractivity contribution in [1.82, 2.24) is 4.57 Å². The van der Waals surface area contributed by atoms with Crippen molar-refractivity contribution in [3.8, 4) is 11.5 Å². The lowest BCUT2D eigenvalue weighted by molar-refractivity contribution is -0.386. The third-order valence-electron chi connectivity index (χ3n) is 5.65. The maximum absolute atomic E-state index is 13.7. The number of nitrogens with zero attached hydrogens (tertiary/aromatic N) is 3. The molecular weight excluding hydrogens is 625 g/mol. The van der Waals surface area contributed by atoms with Gasteiger partial charge in [0.2, 0.25) is 5.75 Å². The molecule has 0 unspecified atom stereocenters. The largest absolute Gasteiger partial charge is 0.501 e. The summed E-state index contributed by atoms with van der Waals surface area (Å²) in [6.45, 7) is 7.55. The molecule has 2 aromatic carbocycles. The highest BCUT2D eigenvalue weighted by molar-refractivity contribution is 14.1. The lowest BCUT2D eigenvalue weighted by atomic mass is 9.96. The summed E-state index contributed by atoms with van der Waals surface area (Å²) < 4.78 is 13.0. The number of phenols is 1. The number of thiazole rings is 1. The molecule has 0 amide bonds. The lowest BCUT2D eigenvalue weighted by Crippen LogP contribution is -2.40. The van der Waals surface area contributed by atoms with Crippen LogP contribution in [-0.2, 0) is 9.53 Å². The van der Waals surface area contributed by atoms with Crippen LogP contribution in [0.2, 0.25) is 0 Å². The Bertz CT molecular complexity index is 1640. The minimum Gasteiger partial charge on any atom is -0.501 e. The normalized spacial score (nSPS) is 15.3. The van der Waals surface area contributed by atoms with Crippen LogP contribution in [-0.4, -0.2) is 33.3 Å². The molecule has 1 aromatic heterocycles. The minimum atomic E-state index is -0.801. The predicted molar refractivity (Wildman–Crippen MR) is 150 cm³/mol. The number of fused-ring (bicyclic) bond motifs is 1. The molecule has 3 aromatic rings. The summed E-state index contributed by atoms with van der Waals surface area (Å²) in [4.78, 5) is 42.5. The van der Waals surface area contributed by atoms with E-state index in [4.69, 9.17) is 9.47 Å². The van der Waals surface area contributed by atoms with E-state index in [1.807, 2.05) is 6.92 Å². The van der Waals surface area contributed by atoms with Gasteiger partial charge in [-0.1, -0.05) is 23.5 Å². The number of nitro groups is 1. The second-order valence-corrected chi connectivity index (χ2v) is 10.8. The molecule has 1 N–H and O–H groups in total. The van der Waals surface area contributed by atoms with Crippen molar-refractivity contribution >= 4 is 51.7 Å². The zero-order valence-electron chi connectivity index (χ0n) is 20.9. The Morgan fingerprint density at radius 2 is 2.00 bits per heavy atom. The van der Waals surface area contributed by atoms with E-state index < -0.39 is 33.9 Å². The molecule has 0 radical (unpaired) electrons. The molecule has 1 aliphatic rings. The maximum Gasteiger partial charge on any atom is 0.338 e. The topological polar surface area (TPSA) is 133 Å². The Hall–Kier alpha value is -3.52. The summed E-state index contributed by atoms with van der Waals surface area (Å²) in [5.41, 5.74) is 0.838. The summed E-state index contributed by atoms with van der Waals surface area (Å²) in [7, 11) is 0. The monoisotopic (exact) mass is 649 g/mol. The zero-order valence-corrected chi connectivity index (χ0v) is 23.9. The van der Waals surface area contributed by atoms with Crippen LogP contribution in [0.15, 0.2) is 57.5 Å². The van der Waals surface area contributed by atoms with Crippen molar-refractivity contribution in [2.45, 2.75) is 39.8 Å². The number of carbonyl (C=O) groups is 1. The zero-order chi connectivity index (χ0) is 27.7. The van der Waals surface area contributed by atoms with Gasteiger partial charge in [-0.2, -0.15) is 0 Å². The standard InChI is InChI=1S/C26H24IN3O7S/c1-5-36-17-8-6-16(7-9-17)22-21(25(33)37-13(2)3)14(4)28-26-29(22)24(32)20(38-26)12-15-10-18(27)23(31)19(11-15)30(34)35/h6-13,22,31H,5H2,1-4H3/b20-12+/t22-/m0/s1. The van der Waals surface area contributed by atoms with Crippen molar-refractivity contribution in [3.05, 3.63) is 92.2 Å². The first-order chi connectivity index (χ1) is 18.0. The Kier molecular flexibility index (Phi) is 8.02. The molecule has 0 spiro atoms. The molecule has 12 heteroatoms. The van der Waals surface area contributed by atoms with Crippen LogP contribution in [0.25, 0.3) is 6.08 Å². The molecule has 10 nitrogen and oxygen atoms in total. The van der Waals surface area contributed by atoms with Crippen molar-refractivity contribution in [2.75, 3.05) is 6.61 Å². The van der Waals surface area contributed by atoms with Gasteiger partial charge in [0.15, 0.2) is 4.80 Å². The fourth-order valence-electron chi connectivity index (χ4n) is 4.07. The minimum absolute atomic E-state index is 0.247. The first-order valence-corrected chi connectivity index (χ1v) is 13.5. The number of carbonyl (C=O) groups excluding carboxylic acids is 1. The first-order valence-electron chi connectivity index (χ1n) is 11.6. The second-order valence-electron chi connectivity index (χ2n) is 8.67. The smallest absolute Gasteiger partial charge is 0.338 e. The average Bonchev–Trinajstić information content (AvgIpc) is 3.14. The molecule has 2 heterocycles. The third-order valence-corrected chi connectivity index (χ3v) is 7.46. The number of phenolic OH excluding ortho intramolecular Hbond substituents is 1. The van der Waals surface area contributed by atoms with Crippen molar-refractivity contribution < 1.29 is 24.3 Å². The van der Waals surface area contributed by atoms with Gasteiger partial charge in [0.1, 0.15) is 5.75 Å². The Morgan fingerprint density at radius 3 is 2.61 bits per heavy atom. The van der Waals surface area contributed by atoms with E-state index >= 15 is 0 Å². The van der Waals surface area contributed by atoms with E-state index in [1.54, 1.807) is 73.7 Å². The van der Waals surface area contributed by atoms with Crippen molar-refractivity contribution in [3.63, 3.8) is 0 Å². The van der Waals surface area contributed by atoms with Gasteiger partial charge in [-0.15, -0.1) is 0 Å². The quantitative estimate of drug-likeness (QED) is 0.178. The van der Waals surface area contributed by atoms with Crippen LogP contribution in [0.4, 0.5) is 5.69 Å². The molecular formula is C26H24IN3O7S. The first kappa shape index (κ1) is 27.5. The number of aromatic hydroxyl groups is 1. The number of nitro benzene ring substituents is 1. The summed E-state index contributed by atoms with van der Waals surface area (Å²) >= 11 is 2.90. The lowest BCUT2D eigenvalue weighted by Gasteiger charge is -2.25. The number of halogens is 1. The molecule has 1 atom stereocenters. The number of aromatic nitrogens is 1. The van der Waals surface area contributed by atoms with E-state index in [1.165, 1.54) is 16.7 Å².